The minimum absolute atomic E-state index is 0.668. The Kier molecular flexibility index (Phi) is 5.17. The van der Waals surface area contributed by atoms with E-state index in [-0.39, 0.29) is 0 Å². The first kappa shape index (κ1) is 12.9. The molecule has 0 bridgehead atoms. The first-order valence-electron chi connectivity index (χ1n) is 5.97. The number of rotatable bonds is 6. The molecular formula is C14H22O2. The van der Waals surface area contributed by atoms with E-state index >= 15 is 0 Å². The minimum Gasteiger partial charge on any atom is -0.493 e. The highest BCUT2D eigenvalue weighted by Crippen LogP contribution is 2.28. The van der Waals surface area contributed by atoms with Gasteiger partial charge in [0, 0.05) is 0 Å². The van der Waals surface area contributed by atoms with Crippen molar-refractivity contribution < 1.29 is 9.47 Å². The third-order valence-corrected chi connectivity index (χ3v) is 2.59. The topological polar surface area (TPSA) is 18.5 Å². The molecule has 0 saturated carbocycles. The van der Waals surface area contributed by atoms with Gasteiger partial charge in [-0.1, -0.05) is 26.8 Å². The molecule has 0 aliphatic rings. The number of hydrogen-bond acceptors (Lipinski definition) is 2. The molecule has 0 aliphatic carbocycles. The minimum atomic E-state index is 0.668. The summed E-state index contributed by atoms with van der Waals surface area (Å²) < 4.78 is 11.0. The maximum atomic E-state index is 5.71. The lowest BCUT2D eigenvalue weighted by Gasteiger charge is -2.12. The molecule has 0 heterocycles. The first-order chi connectivity index (χ1) is 7.67. The smallest absolute Gasteiger partial charge is 0.161 e. The average molecular weight is 222 g/mol. The van der Waals surface area contributed by atoms with E-state index in [4.69, 9.17) is 9.47 Å². The predicted octanol–water partition coefficient (Wildman–Crippen LogP) is 3.68. The van der Waals surface area contributed by atoms with Gasteiger partial charge >= 0.3 is 0 Å². The first-order valence-corrected chi connectivity index (χ1v) is 5.97. The number of hydrogen-bond donors (Lipinski definition) is 0. The molecule has 0 amide bonds. The molecule has 0 fully saturated rings. The van der Waals surface area contributed by atoms with Crippen LogP contribution in [0.2, 0.25) is 0 Å². The highest BCUT2D eigenvalue weighted by Gasteiger charge is 2.05. The molecule has 0 saturated heterocycles. The molecule has 2 nitrogen and oxygen atoms in total. The molecule has 1 rings (SSSR count). The quantitative estimate of drug-likeness (QED) is 0.731. The summed E-state index contributed by atoms with van der Waals surface area (Å²) in [6.45, 7) is 7.27. The number of ether oxygens (including phenoxy) is 2. The molecule has 0 spiro atoms. The fourth-order valence-electron chi connectivity index (χ4n) is 1.46. The summed E-state index contributed by atoms with van der Waals surface area (Å²) in [5, 5.41) is 0. The van der Waals surface area contributed by atoms with Crippen LogP contribution in [0.4, 0.5) is 0 Å². The van der Waals surface area contributed by atoms with Crippen LogP contribution in [0.3, 0.4) is 0 Å². The largest absolute Gasteiger partial charge is 0.493 e. The summed E-state index contributed by atoms with van der Waals surface area (Å²) in [5.41, 5.74) is 1.27. The Morgan fingerprint density at radius 1 is 1.19 bits per heavy atom. The van der Waals surface area contributed by atoms with E-state index in [0.29, 0.717) is 5.92 Å². The molecule has 1 aromatic rings. The van der Waals surface area contributed by atoms with Crippen molar-refractivity contribution in [3.63, 3.8) is 0 Å². The molecule has 1 aromatic carbocycles. The molecule has 0 radical (unpaired) electrons. The second kappa shape index (κ2) is 6.41. The Morgan fingerprint density at radius 2 is 1.94 bits per heavy atom. The fraction of sp³-hybridized carbons (Fsp3) is 0.571. The summed E-state index contributed by atoms with van der Waals surface area (Å²) in [5.74, 6) is 2.35. The lowest BCUT2D eigenvalue weighted by molar-refractivity contribution is 0.273. The molecule has 16 heavy (non-hydrogen) atoms. The van der Waals surface area contributed by atoms with Crippen molar-refractivity contribution in [1.29, 1.82) is 0 Å². The van der Waals surface area contributed by atoms with Gasteiger partial charge in [0.05, 0.1) is 13.7 Å². The second-order valence-corrected chi connectivity index (χ2v) is 4.37. The standard InChI is InChI=1S/C14H22O2/c1-5-12-6-7-13(14(10-12)15-4)16-9-8-11(2)3/h6-7,10-11H,5,8-9H2,1-4H3. The zero-order chi connectivity index (χ0) is 12.0. The van der Waals surface area contributed by atoms with Crippen LogP contribution < -0.4 is 9.47 Å². The summed E-state index contributed by atoms with van der Waals surface area (Å²) in [7, 11) is 1.68. The van der Waals surface area contributed by atoms with Crippen molar-refractivity contribution in [2.45, 2.75) is 33.6 Å². The van der Waals surface area contributed by atoms with Crippen LogP contribution in [0, 0.1) is 5.92 Å². The molecular weight excluding hydrogens is 200 g/mol. The Labute approximate surface area is 98.6 Å². The van der Waals surface area contributed by atoms with Crippen LogP contribution >= 0.6 is 0 Å². The average Bonchev–Trinajstić information content (AvgIpc) is 2.29. The van der Waals surface area contributed by atoms with Crippen molar-refractivity contribution in [3.8, 4) is 11.5 Å². The Balaban J connectivity index is 2.64. The molecule has 2 heteroatoms. The fourth-order valence-corrected chi connectivity index (χ4v) is 1.46. The van der Waals surface area contributed by atoms with Crippen LogP contribution in [0.15, 0.2) is 18.2 Å². The van der Waals surface area contributed by atoms with Crippen molar-refractivity contribution in [3.05, 3.63) is 23.8 Å². The van der Waals surface area contributed by atoms with Crippen LogP contribution in [0.1, 0.15) is 32.8 Å². The summed E-state index contributed by atoms with van der Waals surface area (Å²) >= 11 is 0. The van der Waals surface area contributed by atoms with Gasteiger partial charge in [-0.3, -0.25) is 0 Å². The van der Waals surface area contributed by atoms with E-state index < -0.39 is 0 Å². The zero-order valence-electron chi connectivity index (χ0n) is 10.7. The monoisotopic (exact) mass is 222 g/mol. The Hall–Kier alpha value is -1.18. The van der Waals surface area contributed by atoms with Gasteiger partial charge in [-0.25, -0.2) is 0 Å². The predicted molar refractivity (Wildman–Crippen MR) is 67.3 cm³/mol. The zero-order valence-corrected chi connectivity index (χ0v) is 10.7. The molecule has 0 aromatic heterocycles. The SMILES string of the molecule is CCc1ccc(OCCC(C)C)c(OC)c1. The van der Waals surface area contributed by atoms with E-state index in [9.17, 15) is 0 Å². The lowest BCUT2D eigenvalue weighted by Crippen LogP contribution is -2.02. The van der Waals surface area contributed by atoms with Gasteiger partial charge in [-0.15, -0.1) is 0 Å². The van der Waals surface area contributed by atoms with Crippen molar-refractivity contribution in [2.24, 2.45) is 5.92 Å². The van der Waals surface area contributed by atoms with Gasteiger partial charge in [0.25, 0.3) is 0 Å². The summed E-state index contributed by atoms with van der Waals surface area (Å²) in [6.07, 6.45) is 2.08. The number of benzene rings is 1. The van der Waals surface area contributed by atoms with Crippen molar-refractivity contribution in [1.82, 2.24) is 0 Å². The lowest BCUT2D eigenvalue weighted by atomic mass is 10.1. The van der Waals surface area contributed by atoms with Gasteiger partial charge in [-0.05, 0) is 36.5 Å². The normalized spacial score (nSPS) is 10.6. The second-order valence-electron chi connectivity index (χ2n) is 4.37. The highest BCUT2D eigenvalue weighted by molar-refractivity contribution is 5.42. The number of aryl methyl sites for hydroxylation is 1. The maximum absolute atomic E-state index is 5.71. The number of methoxy groups -OCH3 is 1. The van der Waals surface area contributed by atoms with Gasteiger partial charge < -0.3 is 9.47 Å². The van der Waals surface area contributed by atoms with E-state index in [0.717, 1.165) is 30.9 Å². The van der Waals surface area contributed by atoms with Gasteiger partial charge in [0.15, 0.2) is 11.5 Å². The van der Waals surface area contributed by atoms with Crippen LogP contribution in [0.25, 0.3) is 0 Å². The highest BCUT2D eigenvalue weighted by atomic mass is 16.5. The maximum Gasteiger partial charge on any atom is 0.161 e. The van der Waals surface area contributed by atoms with Crippen LogP contribution in [-0.4, -0.2) is 13.7 Å². The van der Waals surface area contributed by atoms with Gasteiger partial charge in [0.2, 0.25) is 0 Å². The Bertz CT molecular complexity index is 319. The van der Waals surface area contributed by atoms with Crippen LogP contribution in [0.5, 0.6) is 11.5 Å². The van der Waals surface area contributed by atoms with Gasteiger partial charge in [0.1, 0.15) is 0 Å². The van der Waals surface area contributed by atoms with E-state index in [1.807, 2.05) is 12.1 Å². The third kappa shape index (κ3) is 3.76. The van der Waals surface area contributed by atoms with Crippen LogP contribution in [-0.2, 0) is 6.42 Å². The van der Waals surface area contributed by atoms with Gasteiger partial charge in [-0.2, -0.15) is 0 Å². The molecule has 0 unspecified atom stereocenters. The molecule has 0 N–H and O–H groups in total. The molecule has 90 valence electrons. The third-order valence-electron chi connectivity index (χ3n) is 2.59. The van der Waals surface area contributed by atoms with Crippen molar-refractivity contribution in [2.75, 3.05) is 13.7 Å². The molecule has 0 aliphatic heterocycles. The van der Waals surface area contributed by atoms with E-state index in [2.05, 4.69) is 26.8 Å². The molecule has 0 atom stereocenters. The Morgan fingerprint density at radius 3 is 2.50 bits per heavy atom. The van der Waals surface area contributed by atoms with E-state index in [1.165, 1.54) is 5.56 Å². The van der Waals surface area contributed by atoms with Crippen molar-refractivity contribution >= 4 is 0 Å². The summed E-state index contributed by atoms with van der Waals surface area (Å²) in [6, 6.07) is 6.13. The summed E-state index contributed by atoms with van der Waals surface area (Å²) in [4.78, 5) is 0. The van der Waals surface area contributed by atoms with E-state index in [1.54, 1.807) is 7.11 Å².